The summed E-state index contributed by atoms with van der Waals surface area (Å²) in [6.07, 6.45) is 0.904. The molecule has 190 valence electrons. The summed E-state index contributed by atoms with van der Waals surface area (Å²) >= 11 is 0. The fraction of sp³-hybridized carbons (Fsp3) is 0.724. The Morgan fingerprint density at radius 1 is 0.971 bits per heavy atom. The Hall–Kier alpha value is -1.78. The molecule has 0 spiro atoms. The van der Waals surface area contributed by atoms with Crippen LogP contribution in [0.3, 0.4) is 0 Å². The molecule has 4 nitrogen and oxygen atoms in total. The van der Waals surface area contributed by atoms with Crippen molar-refractivity contribution in [2.75, 3.05) is 0 Å². The molecule has 0 bridgehead atoms. The molecule has 0 N–H and O–H groups in total. The van der Waals surface area contributed by atoms with Crippen LogP contribution >= 0.6 is 0 Å². The van der Waals surface area contributed by atoms with Crippen LogP contribution in [0.25, 0.3) is 0 Å². The van der Waals surface area contributed by atoms with Gasteiger partial charge in [-0.05, 0) is 36.7 Å². The van der Waals surface area contributed by atoms with Crippen molar-refractivity contribution in [2.45, 2.75) is 112 Å². The van der Waals surface area contributed by atoms with Gasteiger partial charge in [0, 0.05) is 5.92 Å². The Labute approximate surface area is 209 Å². The van der Waals surface area contributed by atoms with E-state index in [1.807, 2.05) is 44.2 Å². The molecule has 0 aromatic heterocycles. The molecule has 0 aliphatic carbocycles. The summed E-state index contributed by atoms with van der Waals surface area (Å²) in [6, 6.07) is 9.37. The van der Waals surface area contributed by atoms with Crippen molar-refractivity contribution in [1.29, 1.82) is 0 Å². The normalized spacial score (nSPS) is 21.1. The topological polar surface area (TPSA) is 46.6 Å². The van der Waals surface area contributed by atoms with Gasteiger partial charge in [0.2, 0.25) is 5.91 Å². The van der Waals surface area contributed by atoms with E-state index in [9.17, 15) is 9.59 Å². The zero-order valence-corrected chi connectivity index (χ0v) is 23.5. The van der Waals surface area contributed by atoms with Gasteiger partial charge < -0.3 is 4.74 Å². The van der Waals surface area contributed by atoms with Crippen molar-refractivity contribution in [1.82, 2.24) is 4.90 Å². The van der Waals surface area contributed by atoms with Crippen molar-refractivity contribution in [3.8, 4) is 0 Å². The van der Waals surface area contributed by atoms with Crippen LogP contribution in [0.15, 0.2) is 30.3 Å². The molecular formula is C29H48BNO3. The minimum absolute atomic E-state index is 0.120. The van der Waals surface area contributed by atoms with E-state index in [0.717, 1.165) is 18.3 Å². The Bertz CT molecular complexity index is 813. The Kier molecular flexibility index (Phi) is 9.10. The second-order valence-corrected chi connectivity index (χ2v) is 12.6. The quantitative estimate of drug-likeness (QED) is 0.325. The smallest absolute Gasteiger partial charge is 0.417 e. The number of hydrogen-bond acceptors (Lipinski definition) is 3. The van der Waals surface area contributed by atoms with Gasteiger partial charge >= 0.3 is 6.09 Å². The number of rotatable bonds is 10. The van der Waals surface area contributed by atoms with E-state index in [1.54, 1.807) is 0 Å². The first kappa shape index (κ1) is 28.5. The molecule has 1 heterocycles. The first-order valence-corrected chi connectivity index (χ1v) is 13.2. The zero-order chi connectivity index (χ0) is 26.0. The standard InChI is InChI=1S/C29H48BNO3/c1-19(2)28(8,9)30(29(10,11)20(3)4)18-21(5)17-22(6)26(32)31-23(7)25(34-27(31)33)24-15-13-12-14-16-24/h12-16,19-23,25H,17-18H2,1-11H3/t21-,22+,23-,25-/m0/s1. The summed E-state index contributed by atoms with van der Waals surface area (Å²) in [5.41, 5.74) is 0.925. The van der Waals surface area contributed by atoms with Crippen LogP contribution in [-0.4, -0.2) is 29.7 Å². The summed E-state index contributed by atoms with van der Waals surface area (Å²) in [5.74, 6) is 1.16. The van der Waals surface area contributed by atoms with Crippen molar-refractivity contribution in [2.24, 2.45) is 23.7 Å². The van der Waals surface area contributed by atoms with Gasteiger partial charge in [-0.25, -0.2) is 9.69 Å². The first-order chi connectivity index (χ1) is 15.6. The van der Waals surface area contributed by atoms with Crippen LogP contribution in [0.2, 0.25) is 16.9 Å². The van der Waals surface area contributed by atoms with Crippen molar-refractivity contribution in [3.05, 3.63) is 35.9 Å². The minimum Gasteiger partial charge on any atom is -0.439 e. The van der Waals surface area contributed by atoms with E-state index in [2.05, 4.69) is 62.3 Å². The highest BCUT2D eigenvalue weighted by molar-refractivity contribution is 6.65. The lowest BCUT2D eigenvalue weighted by Crippen LogP contribution is -2.45. The summed E-state index contributed by atoms with van der Waals surface area (Å²) in [6.45, 7) is 25.6. The molecule has 5 heteroatoms. The largest absolute Gasteiger partial charge is 0.439 e. The molecule has 1 aromatic carbocycles. The number of ether oxygens (including phenoxy) is 1. The van der Waals surface area contributed by atoms with E-state index in [0.29, 0.717) is 24.5 Å². The van der Waals surface area contributed by atoms with Crippen LogP contribution in [0, 0.1) is 23.7 Å². The molecule has 2 rings (SSSR count). The molecule has 0 radical (unpaired) electrons. The number of nitrogens with zero attached hydrogens (tertiary/aromatic N) is 1. The lowest BCUT2D eigenvalue weighted by molar-refractivity contribution is -0.133. The maximum absolute atomic E-state index is 13.4. The van der Waals surface area contributed by atoms with E-state index in [-0.39, 0.29) is 28.5 Å². The van der Waals surface area contributed by atoms with Crippen molar-refractivity contribution >= 4 is 18.7 Å². The molecule has 4 atom stereocenters. The monoisotopic (exact) mass is 469 g/mol. The summed E-state index contributed by atoms with van der Waals surface area (Å²) in [4.78, 5) is 27.4. The lowest BCUT2D eigenvalue weighted by Gasteiger charge is -2.48. The average molecular weight is 470 g/mol. The SMILES string of the molecule is CC(C)C(C)(C)B(C[C@@H](C)C[C@@H](C)C(=O)N1C(=O)O[C@H](c2ccccc2)[C@@H]1C)C(C)(C)C(C)C. The highest BCUT2D eigenvalue weighted by Crippen LogP contribution is 2.53. The van der Waals surface area contributed by atoms with Crippen molar-refractivity contribution in [3.63, 3.8) is 0 Å². The summed E-state index contributed by atoms with van der Waals surface area (Å²) < 4.78 is 5.62. The van der Waals surface area contributed by atoms with Gasteiger partial charge in [-0.3, -0.25) is 4.79 Å². The predicted octanol–water partition coefficient (Wildman–Crippen LogP) is 8.12. The predicted molar refractivity (Wildman–Crippen MR) is 143 cm³/mol. The maximum atomic E-state index is 13.4. The van der Waals surface area contributed by atoms with Crippen LogP contribution in [0.4, 0.5) is 4.79 Å². The first-order valence-electron chi connectivity index (χ1n) is 13.2. The number of carbonyl (C=O) groups excluding carboxylic acids is 2. The van der Waals surface area contributed by atoms with Crippen LogP contribution < -0.4 is 0 Å². The second kappa shape index (κ2) is 10.9. The van der Waals surface area contributed by atoms with E-state index in [4.69, 9.17) is 4.74 Å². The third-order valence-electron chi connectivity index (χ3n) is 9.22. The van der Waals surface area contributed by atoms with Gasteiger partial charge in [-0.1, -0.05) is 117 Å². The second-order valence-electron chi connectivity index (χ2n) is 12.6. The molecule has 1 saturated heterocycles. The summed E-state index contributed by atoms with van der Waals surface area (Å²) in [5, 5.41) is 0.372. The number of hydrogen-bond donors (Lipinski definition) is 0. The van der Waals surface area contributed by atoms with Gasteiger partial charge in [0.15, 0.2) is 6.71 Å². The van der Waals surface area contributed by atoms with E-state index >= 15 is 0 Å². The number of imide groups is 1. The van der Waals surface area contributed by atoms with E-state index in [1.165, 1.54) is 4.90 Å². The number of carbonyl (C=O) groups is 2. The van der Waals surface area contributed by atoms with Gasteiger partial charge in [-0.2, -0.15) is 0 Å². The fourth-order valence-corrected chi connectivity index (χ4v) is 5.66. The third-order valence-corrected chi connectivity index (χ3v) is 9.22. The van der Waals surface area contributed by atoms with Crippen LogP contribution in [-0.2, 0) is 9.53 Å². The van der Waals surface area contributed by atoms with Crippen molar-refractivity contribution < 1.29 is 14.3 Å². The molecule has 1 aliphatic rings. The fourth-order valence-electron chi connectivity index (χ4n) is 5.66. The maximum Gasteiger partial charge on any atom is 0.417 e. The minimum atomic E-state index is -0.523. The average Bonchev–Trinajstić information content (AvgIpc) is 3.05. The highest BCUT2D eigenvalue weighted by atomic mass is 16.6. The Balaban J connectivity index is 2.13. The van der Waals surface area contributed by atoms with Crippen LogP contribution in [0.1, 0.15) is 94.2 Å². The van der Waals surface area contributed by atoms with Gasteiger partial charge in [-0.15, -0.1) is 0 Å². The van der Waals surface area contributed by atoms with Gasteiger partial charge in [0.1, 0.15) is 6.10 Å². The molecule has 2 amide bonds. The van der Waals surface area contributed by atoms with Gasteiger partial charge in [0.05, 0.1) is 6.04 Å². The molecule has 1 aromatic rings. The van der Waals surface area contributed by atoms with Gasteiger partial charge in [0.25, 0.3) is 0 Å². The third kappa shape index (κ3) is 5.89. The molecule has 34 heavy (non-hydrogen) atoms. The lowest BCUT2D eigenvalue weighted by atomic mass is 9.18. The molecule has 0 saturated carbocycles. The molecule has 1 aliphatic heterocycles. The highest BCUT2D eigenvalue weighted by Gasteiger charge is 2.48. The molecule has 0 unspecified atom stereocenters. The zero-order valence-electron chi connectivity index (χ0n) is 23.5. The number of amides is 2. The summed E-state index contributed by atoms with van der Waals surface area (Å²) in [7, 11) is 0. The molecular weight excluding hydrogens is 421 g/mol. The molecule has 1 fully saturated rings. The Morgan fingerprint density at radius 2 is 1.47 bits per heavy atom. The Morgan fingerprint density at radius 3 is 1.94 bits per heavy atom. The van der Waals surface area contributed by atoms with Crippen LogP contribution in [0.5, 0.6) is 0 Å². The van der Waals surface area contributed by atoms with E-state index < -0.39 is 12.2 Å². The number of cyclic esters (lactones) is 1. The number of benzene rings is 1.